The van der Waals surface area contributed by atoms with Gasteiger partial charge < -0.3 is 15.5 Å². The van der Waals surface area contributed by atoms with E-state index in [4.69, 9.17) is 0 Å². The molecule has 1 aliphatic rings. The van der Waals surface area contributed by atoms with Gasteiger partial charge in [0.2, 0.25) is 0 Å². The molecule has 0 saturated carbocycles. The number of halogens is 1. The van der Waals surface area contributed by atoms with Crippen molar-refractivity contribution in [2.24, 2.45) is 10.9 Å². The summed E-state index contributed by atoms with van der Waals surface area (Å²) >= 11 is 0. The largest absolute Gasteiger partial charge is 0.356 e. The number of hydrogen-bond donors (Lipinski definition) is 2. The van der Waals surface area contributed by atoms with Crippen LogP contribution in [0.2, 0.25) is 0 Å². The fourth-order valence-corrected chi connectivity index (χ4v) is 2.55. The van der Waals surface area contributed by atoms with Crippen LogP contribution in [0, 0.1) is 5.92 Å². The highest BCUT2D eigenvalue weighted by molar-refractivity contribution is 14.0. The fourth-order valence-electron chi connectivity index (χ4n) is 2.55. The predicted octanol–water partition coefficient (Wildman–Crippen LogP) is 2.69. The first-order valence-electron chi connectivity index (χ1n) is 7.97. The van der Waals surface area contributed by atoms with Crippen LogP contribution >= 0.6 is 24.0 Å². The van der Waals surface area contributed by atoms with E-state index in [1.54, 1.807) is 0 Å². The highest BCUT2D eigenvalue weighted by Crippen LogP contribution is 2.07. The van der Waals surface area contributed by atoms with Gasteiger partial charge in [0.05, 0.1) is 0 Å². The molecule has 0 amide bonds. The first-order chi connectivity index (χ1) is 9.30. The van der Waals surface area contributed by atoms with Crippen molar-refractivity contribution in [2.75, 3.05) is 39.8 Å². The summed E-state index contributed by atoms with van der Waals surface area (Å²) in [6.07, 6.45) is 6.59. The maximum Gasteiger partial charge on any atom is 0.191 e. The van der Waals surface area contributed by atoms with Crippen molar-refractivity contribution < 1.29 is 0 Å². The van der Waals surface area contributed by atoms with Gasteiger partial charge in [-0.2, -0.15) is 0 Å². The minimum atomic E-state index is 0. The van der Waals surface area contributed by atoms with Crippen molar-refractivity contribution in [3.63, 3.8) is 0 Å². The minimum Gasteiger partial charge on any atom is -0.356 e. The standard InChI is InChI=1S/C15H32N4.HI/c1-4-14(5-2)13-18-15(16-3)17-9-12-19-10-7-6-8-11-19;/h14H,4-13H2,1-3H3,(H2,16,17,18);1H. The molecule has 1 fully saturated rings. The Balaban J connectivity index is 0.00000361. The Morgan fingerprint density at radius 1 is 1.10 bits per heavy atom. The van der Waals surface area contributed by atoms with Crippen LogP contribution < -0.4 is 10.6 Å². The van der Waals surface area contributed by atoms with E-state index in [0.717, 1.165) is 31.5 Å². The number of piperidine rings is 1. The molecule has 0 aromatic carbocycles. The van der Waals surface area contributed by atoms with Gasteiger partial charge in [-0.3, -0.25) is 4.99 Å². The number of guanidine groups is 1. The second kappa shape index (κ2) is 12.7. The van der Waals surface area contributed by atoms with Crippen LogP contribution in [0.1, 0.15) is 46.0 Å². The van der Waals surface area contributed by atoms with Gasteiger partial charge in [-0.15, -0.1) is 24.0 Å². The van der Waals surface area contributed by atoms with Gasteiger partial charge in [0.1, 0.15) is 0 Å². The lowest BCUT2D eigenvalue weighted by Crippen LogP contribution is -2.43. The van der Waals surface area contributed by atoms with E-state index in [-0.39, 0.29) is 24.0 Å². The van der Waals surface area contributed by atoms with E-state index in [1.807, 2.05) is 7.05 Å². The van der Waals surface area contributed by atoms with Crippen molar-refractivity contribution >= 4 is 29.9 Å². The van der Waals surface area contributed by atoms with Crippen molar-refractivity contribution in [2.45, 2.75) is 46.0 Å². The number of likely N-dealkylation sites (tertiary alicyclic amines) is 1. The average Bonchev–Trinajstić information content (AvgIpc) is 2.47. The molecule has 2 N–H and O–H groups in total. The van der Waals surface area contributed by atoms with Crippen LogP contribution in [-0.4, -0.2) is 50.6 Å². The molecular weight excluding hydrogens is 363 g/mol. The molecule has 0 bridgehead atoms. The van der Waals surface area contributed by atoms with E-state index in [1.165, 1.54) is 45.2 Å². The summed E-state index contributed by atoms with van der Waals surface area (Å²) in [4.78, 5) is 6.83. The fraction of sp³-hybridized carbons (Fsp3) is 0.933. The number of hydrogen-bond acceptors (Lipinski definition) is 2. The second-order valence-electron chi connectivity index (χ2n) is 5.46. The van der Waals surface area contributed by atoms with Crippen LogP contribution in [0.4, 0.5) is 0 Å². The first kappa shape index (κ1) is 20.0. The summed E-state index contributed by atoms with van der Waals surface area (Å²) in [5.41, 5.74) is 0. The molecule has 20 heavy (non-hydrogen) atoms. The third-order valence-electron chi connectivity index (χ3n) is 4.11. The zero-order chi connectivity index (χ0) is 13.9. The highest BCUT2D eigenvalue weighted by Gasteiger charge is 2.09. The Bertz CT molecular complexity index is 248. The molecule has 0 radical (unpaired) electrons. The molecule has 0 aromatic rings. The Morgan fingerprint density at radius 3 is 2.30 bits per heavy atom. The Morgan fingerprint density at radius 2 is 1.75 bits per heavy atom. The van der Waals surface area contributed by atoms with Crippen molar-refractivity contribution in [1.82, 2.24) is 15.5 Å². The molecule has 0 atom stereocenters. The maximum atomic E-state index is 4.29. The third-order valence-corrected chi connectivity index (χ3v) is 4.11. The summed E-state index contributed by atoms with van der Waals surface area (Å²) < 4.78 is 0. The van der Waals surface area contributed by atoms with Gasteiger partial charge in [0, 0.05) is 26.7 Å². The van der Waals surface area contributed by atoms with Gasteiger partial charge in [-0.1, -0.05) is 33.1 Å². The molecule has 1 rings (SSSR count). The van der Waals surface area contributed by atoms with Crippen molar-refractivity contribution in [3.05, 3.63) is 0 Å². The van der Waals surface area contributed by atoms with Crippen molar-refractivity contribution in [1.29, 1.82) is 0 Å². The minimum absolute atomic E-state index is 0. The average molecular weight is 396 g/mol. The molecule has 0 aliphatic carbocycles. The number of rotatable bonds is 7. The number of nitrogens with zero attached hydrogens (tertiary/aromatic N) is 2. The summed E-state index contributed by atoms with van der Waals surface area (Å²) in [6.45, 7) is 10.2. The monoisotopic (exact) mass is 396 g/mol. The lowest BCUT2D eigenvalue weighted by molar-refractivity contribution is 0.232. The Kier molecular flexibility index (Phi) is 12.7. The van der Waals surface area contributed by atoms with Gasteiger partial charge in [0.15, 0.2) is 5.96 Å². The molecule has 0 spiro atoms. The van der Waals surface area contributed by atoms with Gasteiger partial charge >= 0.3 is 0 Å². The van der Waals surface area contributed by atoms with Crippen LogP contribution in [0.25, 0.3) is 0 Å². The molecule has 0 aromatic heterocycles. The Labute approximate surface area is 142 Å². The van der Waals surface area contributed by atoms with E-state index in [9.17, 15) is 0 Å². The molecule has 1 saturated heterocycles. The van der Waals surface area contributed by atoms with Gasteiger partial charge in [0.25, 0.3) is 0 Å². The zero-order valence-corrected chi connectivity index (χ0v) is 15.8. The summed E-state index contributed by atoms with van der Waals surface area (Å²) in [5, 5.41) is 6.85. The molecule has 120 valence electrons. The molecule has 1 heterocycles. The quantitative estimate of drug-likeness (QED) is 0.395. The van der Waals surface area contributed by atoms with Gasteiger partial charge in [-0.25, -0.2) is 0 Å². The number of nitrogens with one attached hydrogen (secondary N) is 2. The maximum absolute atomic E-state index is 4.29. The lowest BCUT2D eigenvalue weighted by atomic mass is 10.0. The van der Waals surface area contributed by atoms with Crippen LogP contribution in [0.15, 0.2) is 4.99 Å². The topological polar surface area (TPSA) is 39.7 Å². The van der Waals surface area contributed by atoms with Gasteiger partial charge in [-0.05, 0) is 31.8 Å². The summed E-state index contributed by atoms with van der Waals surface area (Å²) in [6, 6.07) is 0. The summed E-state index contributed by atoms with van der Waals surface area (Å²) in [5.74, 6) is 1.70. The van der Waals surface area contributed by atoms with E-state index >= 15 is 0 Å². The molecular formula is C15H33IN4. The molecule has 4 nitrogen and oxygen atoms in total. The van der Waals surface area contributed by atoms with Crippen LogP contribution in [0.5, 0.6) is 0 Å². The zero-order valence-electron chi connectivity index (χ0n) is 13.5. The highest BCUT2D eigenvalue weighted by atomic mass is 127. The van der Waals surface area contributed by atoms with Crippen LogP contribution in [-0.2, 0) is 0 Å². The van der Waals surface area contributed by atoms with Crippen molar-refractivity contribution in [3.8, 4) is 0 Å². The Hall–Kier alpha value is -0.0400. The normalized spacial score (nSPS) is 16.9. The van der Waals surface area contributed by atoms with Crippen LogP contribution in [0.3, 0.4) is 0 Å². The second-order valence-corrected chi connectivity index (χ2v) is 5.46. The molecule has 0 unspecified atom stereocenters. The number of aliphatic imine (C=N–C) groups is 1. The van der Waals surface area contributed by atoms with E-state index in [0.29, 0.717) is 0 Å². The summed E-state index contributed by atoms with van der Waals surface area (Å²) in [7, 11) is 1.85. The smallest absolute Gasteiger partial charge is 0.191 e. The predicted molar refractivity (Wildman–Crippen MR) is 99.1 cm³/mol. The molecule has 5 heteroatoms. The van der Waals surface area contributed by atoms with E-state index < -0.39 is 0 Å². The SMILES string of the molecule is CCC(CC)CNC(=NC)NCCN1CCCCC1.I. The lowest BCUT2D eigenvalue weighted by Gasteiger charge is -2.26. The third kappa shape index (κ3) is 8.29. The first-order valence-corrected chi connectivity index (χ1v) is 7.97. The molecule has 1 aliphatic heterocycles. The van der Waals surface area contributed by atoms with E-state index in [2.05, 4.69) is 34.4 Å².